The van der Waals surface area contributed by atoms with Crippen LogP contribution >= 0.6 is 0 Å². The van der Waals surface area contributed by atoms with Crippen LogP contribution < -0.4 is 11.1 Å². The van der Waals surface area contributed by atoms with Gasteiger partial charge in [0.2, 0.25) is 11.7 Å². The minimum absolute atomic E-state index is 0.00194. The zero-order valence-electron chi connectivity index (χ0n) is 16.4. The number of nitrogens with two attached hydrogens (primary N) is 1. The second kappa shape index (κ2) is 10.3. The highest BCUT2D eigenvalue weighted by molar-refractivity contribution is 6.25. The van der Waals surface area contributed by atoms with Crippen molar-refractivity contribution in [3.8, 4) is 0 Å². The molecule has 2 rings (SSSR count). The Hall–Kier alpha value is -3.29. The van der Waals surface area contributed by atoms with Crippen molar-refractivity contribution in [3.63, 3.8) is 0 Å². The van der Waals surface area contributed by atoms with E-state index in [1.54, 1.807) is 20.0 Å². The van der Waals surface area contributed by atoms with Crippen molar-refractivity contribution in [1.82, 2.24) is 10.3 Å². The number of Topliss-reactive ketones (excluding diaryl/α,β-unsaturated/α-hetero) is 1. The molecule has 1 heterocycles. The van der Waals surface area contributed by atoms with Crippen LogP contribution in [0.4, 0.5) is 0 Å². The van der Waals surface area contributed by atoms with Gasteiger partial charge >= 0.3 is 12.2 Å². The Morgan fingerprint density at radius 2 is 2.03 bits per heavy atom. The molecule has 0 saturated carbocycles. The van der Waals surface area contributed by atoms with E-state index in [9.17, 15) is 14.4 Å². The predicted molar refractivity (Wildman–Crippen MR) is 107 cm³/mol. The van der Waals surface area contributed by atoms with E-state index >= 15 is 0 Å². The van der Waals surface area contributed by atoms with Crippen LogP contribution in [0, 0.1) is 0 Å². The summed E-state index contributed by atoms with van der Waals surface area (Å²) >= 11 is 0. The van der Waals surface area contributed by atoms with Gasteiger partial charge < -0.3 is 26.3 Å². The average Bonchev–Trinajstić information content (AvgIpc) is 3.07. The topological polar surface area (TPSA) is 151 Å². The normalized spacial score (nSPS) is 12.8. The fraction of sp³-hybridized carbons (Fsp3) is 0.400. The monoisotopic (exact) mass is 399 g/mol. The molecular formula is C20H25N5O4. The van der Waals surface area contributed by atoms with Gasteiger partial charge in [-0.05, 0) is 38.3 Å². The molecule has 4 N–H and O–H groups in total. The molecule has 0 unspecified atom stereocenters. The molecule has 0 aliphatic rings. The fourth-order valence-electron chi connectivity index (χ4n) is 2.89. The first-order valence-corrected chi connectivity index (χ1v) is 9.33. The first kappa shape index (κ1) is 22.0. The SMILES string of the molecule is CC(C)OC(=O)[C@H](CCC(=O)C=[N+]=[N-])NC(=O)[C@@H](N)Cc1c[nH]c2ccccc12. The Bertz CT molecular complexity index is 930. The Morgan fingerprint density at radius 3 is 2.72 bits per heavy atom. The zero-order valence-corrected chi connectivity index (χ0v) is 16.4. The number of esters is 1. The van der Waals surface area contributed by atoms with E-state index in [0.717, 1.165) is 22.7 Å². The number of amides is 1. The number of carbonyl (C=O) groups is 3. The number of fused-ring (bicyclic) bond motifs is 1. The van der Waals surface area contributed by atoms with E-state index < -0.39 is 29.7 Å². The largest absolute Gasteiger partial charge is 0.461 e. The summed E-state index contributed by atoms with van der Waals surface area (Å²) in [6.45, 7) is 3.37. The van der Waals surface area contributed by atoms with Crippen LogP contribution in [0.25, 0.3) is 16.4 Å². The number of aromatic nitrogens is 1. The summed E-state index contributed by atoms with van der Waals surface area (Å²) < 4.78 is 5.15. The molecule has 0 spiro atoms. The third-order valence-corrected chi connectivity index (χ3v) is 4.29. The van der Waals surface area contributed by atoms with Crippen LogP contribution in [0.15, 0.2) is 30.5 Å². The van der Waals surface area contributed by atoms with Gasteiger partial charge in [0.05, 0.1) is 12.1 Å². The van der Waals surface area contributed by atoms with Crippen molar-refractivity contribution in [2.45, 2.75) is 51.3 Å². The van der Waals surface area contributed by atoms with Gasteiger partial charge in [0.15, 0.2) is 0 Å². The molecule has 2 atom stereocenters. The number of H-pyrrole nitrogens is 1. The van der Waals surface area contributed by atoms with Crippen molar-refractivity contribution in [1.29, 1.82) is 0 Å². The number of rotatable bonds is 10. The third kappa shape index (κ3) is 6.38. The molecule has 1 aromatic heterocycles. The molecule has 154 valence electrons. The zero-order chi connectivity index (χ0) is 21.4. The summed E-state index contributed by atoms with van der Waals surface area (Å²) in [4.78, 5) is 42.2. The van der Waals surface area contributed by atoms with Crippen molar-refractivity contribution >= 4 is 34.8 Å². The minimum Gasteiger partial charge on any atom is -0.461 e. The highest BCUT2D eigenvalue weighted by Gasteiger charge is 2.27. The molecule has 0 fully saturated rings. The standard InChI is InChI=1S/C20H25N5O4/c1-12(2)29-20(28)18(8-7-14(26)11-24-22)25-19(27)16(21)9-13-10-23-17-6-4-3-5-15(13)17/h3-6,10-12,16,18,23H,7-9,21H2,1-2H3,(H,25,27)/t16-,18-/m0/s1. The van der Waals surface area contributed by atoms with Gasteiger partial charge in [-0.2, -0.15) is 4.79 Å². The van der Waals surface area contributed by atoms with Crippen molar-refractivity contribution in [2.75, 3.05) is 0 Å². The first-order chi connectivity index (χ1) is 13.8. The lowest BCUT2D eigenvalue weighted by Gasteiger charge is -2.20. The van der Waals surface area contributed by atoms with Gasteiger partial charge in [-0.3, -0.25) is 9.59 Å². The lowest BCUT2D eigenvalue weighted by atomic mass is 10.0. The highest BCUT2D eigenvalue weighted by atomic mass is 16.5. The fourth-order valence-corrected chi connectivity index (χ4v) is 2.89. The van der Waals surface area contributed by atoms with Gasteiger partial charge in [0.1, 0.15) is 6.04 Å². The molecule has 2 aromatic rings. The van der Waals surface area contributed by atoms with Crippen LogP contribution in [-0.4, -0.2) is 51.8 Å². The van der Waals surface area contributed by atoms with E-state index in [4.69, 9.17) is 16.0 Å². The number of hydrogen-bond donors (Lipinski definition) is 3. The summed E-state index contributed by atoms with van der Waals surface area (Å²) in [6.07, 6.45) is 2.35. The van der Waals surface area contributed by atoms with Crippen molar-refractivity contribution < 1.29 is 23.9 Å². The van der Waals surface area contributed by atoms with Crippen LogP contribution in [0.3, 0.4) is 0 Å². The van der Waals surface area contributed by atoms with Gasteiger partial charge in [0, 0.05) is 23.5 Å². The molecular weight excluding hydrogens is 374 g/mol. The van der Waals surface area contributed by atoms with E-state index in [1.165, 1.54) is 0 Å². The predicted octanol–water partition coefficient (Wildman–Crippen LogP) is 1.12. The second-order valence-electron chi connectivity index (χ2n) is 6.97. The van der Waals surface area contributed by atoms with E-state index in [1.807, 2.05) is 24.3 Å². The number of carbonyl (C=O) groups excluding carboxylic acids is 3. The van der Waals surface area contributed by atoms with Crippen molar-refractivity contribution in [2.24, 2.45) is 5.73 Å². The van der Waals surface area contributed by atoms with Gasteiger partial charge in [-0.1, -0.05) is 18.2 Å². The summed E-state index contributed by atoms with van der Waals surface area (Å²) in [5.41, 5.74) is 16.3. The number of ether oxygens (including phenoxy) is 1. The van der Waals surface area contributed by atoms with E-state index in [-0.39, 0.29) is 25.4 Å². The van der Waals surface area contributed by atoms with Gasteiger partial charge in [0.25, 0.3) is 0 Å². The maximum absolute atomic E-state index is 12.6. The number of para-hydroxylation sites is 1. The smallest absolute Gasteiger partial charge is 0.328 e. The summed E-state index contributed by atoms with van der Waals surface area (Å²) in [5.74, 6) is -1.65. The summed E-state index contributed by atoms with van der Waals surface area (Å²) in [6, 6.07) is 5.74. The first-order valence-electron chi connectivity index (χ1n) is 9.33. The molecule has 9 nitrogen and oxygen atoms in total. The lowest BCUT2D eigenvalue weighted by molar-refractivity contribution is -0.151. The van der Waals surface area contributed by atoms with Crippen molar-refractivity contribution in [3.05, 3.63) is 41.6 Å². The Labute approximate surface area is 168 Å². The van der Waals surface area contributed by atoms with Crippen LogP contribution in [0.2, 0.25) is 0 Å². The Morgan fingerprint density at radius 1 is 1.31 bits per heavy atom. The molecule has 9 heteroatoms. The molecule has 0 radical (unpaired) electrons. The number of benzene rings is 1. The third-order valence-electron chi connectivity index (χ3n) is 4.29. The number of nitrogens with zero attached hydrogens (tertiary/aromatic N) is 2. The van der Waals surface area contributed by atoms with Crippen LogP contribution in [0.5, 0.6) is 0 Å². The number of ketones is 1. The van der Waals surface area contributed by atoms with E-state index in [2.05, 4.69) is 15.1 Å². The maximum Gasteiger partial charge on any atom is 0.328 e. The lowest BCUT2D eigenvalue weighted by Crippen LogP contribution is -2.50. The Kier molecular flexibility index (Phi) is 7.82. The molecule has 0 bridgehead atoms. The van der Waals surface area contributed by atoms with E-state index in [0.29, 0.717) is 0 Å². The van der Waals surface area contributed by atoms with Crippen LogP contribution in [0.1, 0.15) is 32.3 Å². The molecule has 29 heavy (non-hydrogen) atoms. The molecule has 1 amide bonds. The van der Waals surface area contributed by atoms with Gasteiger partial charge in [-0.25, -0.2) is 4.79 Å². The molecule has 0 aliphatic heterocycles. The summed E-state index contributed by atoms with van der Waals surface area (Å²) in [5, 5.41) is 3.54. The Balaban J connectivity index is 2.05. The highest BCUT2D eigenvalue weighted by Crippen LogP contribution is 2.18. The second-order valence-corrected chi connectivity index (χ2v) is 6.97. The summed E-state index contributed by atoms with van der Waals surface area (Å²) in [7, 11) is 0. The minimum atomic E-state index is -1.03. The quantitative estimate of drug-likeness (QED) is 0.237. The maximum atomic E-state index is 12.6. The molecule has 0 saturated heterocycles. The number of nitrogens with one attached hydrogen (secondary N) is 2. The number of aromatic amines is 1. The van der Waals surface area contributed by atoms with Crippen LogP contribution in [-0.2, 0) is 25.5 Å². The number of hydrogen-bond acceptors (Lipinski definition) is 5. The average molecular weight is 399 g/mol. The van der Waals surface area contributed by atoms with Gasteiger partial charge in [-0.15, -0.1) is 0 Å². The molecule has 1 aromatic carbocycles. The molecule has 0 aliphatic carbocycles.